The minimum atomic E-state index is -0.00960. The SMILES string of the molecule is COCCNC(=O)CCNc1ncnc2sc(C)c(-c3ccccc3)c12. The maximum absolute atomic E-state index is 11.8. The number of rotatable bonds is 8. The average molecular weight is 370 g/mol. The molecule has 0 bridgehead atoms. The molecule has 0 atom stereocenters. The molecule has 0 saturated heterocycles. The minimum absolute atomic E-state index is 0.00960. The van der Waals surface area contributed by atoms with Crippen molar-refractivity contribution in [1.29, 1.82) is 0 Å². The Labute approximate surface area is 156 Å². The van der Waals surface area contributed by atoms with E-state index in [-0.39, 0.29) is 5.91 Å². The number of anilines is 1. The average Bonchev–Trinajstić information content (AvgIpc) is 2.99. The smallest absolute Gasteiger partial charge is 0.221 e. The zero-order valence-electron chi connectivity index (χ0n) is 14.9. The molecule has 1 aromatic carbocycles. The van der Waals surface area contributed by atoms with Crippen LogP contribution >= 0.6 is 11.3 Å². The fourth-order valence-corrected chi connectivity index (χ4v) is 3.82. The van der Waals surface area contributed by atoms with Crippen LogP contribution in [0.15, 0.2) is 36.7 Å². The van der Waals surface area contributed by atoms with Gasteiger partial charge in [0.1, 0.15) is 17.0 Å². The highest BCUT2D eigenvalue weighted by atomic mass is 32.1. The van der Waals surface area contributed by atoms with Crippen LogP contribution in [0.4, 0.5) is 5.82 Å². The van der Waals surface area contributed by atoms with Crippen molar-refractivity contribution in [2.24, 2.45) is 0 Å². The van der Waals surface area contributed by atoms with E-state index in [0.29, 0.717) is 26.1 Å². The van der Waals surface area contributed by atoms with Crippen LogP contribution in [-0.4, -0.2) is 42.7 Å². The first-order valence-corrected chi connectivity index (χ1v) is 9.31. The molecule has 0 saturated carbocycles. The fraction of sp³-hybridized carbons (Fsp3) is 0.316. The number of thiophene rings is 1. The Hall–Kier alpha value is -2.51. The molecule has 2 N–H and O–H groups in total. The summed E-state index contributed by atoms with van der Waals surface area (Å²) >= 11 is 1.66. The molecule has 136 valence electrons. The maximum atomic E-state index is 11.8. The lowest BCUT2D eigenvalue weighted by molar-refractivity contribution is -0.121. The first-order valence-electron chi connectivity index (χ1n) is 8.49. The van der Waals surface area contributed by atoms with Gasteiger partial charge in [0, 0.05) is 37.1 Å². The lowest BCUT2D eigenvalue weighted by atomic mass is 10.0. The third-order valence-electron chi connectivity index (χ3n) is 4.00. The Morgan fingerprint density at radius 3 is 2.77 bits per heavy atom. The fourth-order valence-electron chi connectivity index (χ4n) is 2.81. The van der Waals surface area contributed by atoms with Gasteiger partial charge in [-0.1, -0.05) is 30.3 Å². The van der Waals surface area contributed by atoms with E-state index in [1.54, 1.807) is 24.8 Å². The van der Waals surface area contributed by atoms with Crippen LogP contribution in [0.25, 0.3) is 21.3 Å². The molecule has 0 aliphatic rings. The molecule has 3 aromatic rings. The molecule has 3 rings (SSSR count). The Morgan fingerprint density at radius 1 is 1.19 bits per heavy atom. The molecule has 0 aliphatic heterocycles. The van der Waals surface area contributed by atoms with Crippen LogP contribution in [0.5, 0.6) is 0 Å². The van der Waals surface area contributed by atoms with E-state index in [4.69, 9.17) is 4.74 Å². The summed E-state index contributed by atoms with van der Waals surface area (Å²) in [5.74, 6) is 0.757. The third kappa shape index (κ3) is 4.17. The van der Waals surface area contributed by atoms with E-state index in [9.17, 15) is 4.79 Å². The quantitative estimate of drug-likeness (QED) is 0.596. The van der Waals surface area contributed by atoms with Crippen molar-refractivity contribution in [3.05, 3.63) is 41.5 Å². The number of carbonyl (C=O) groups excluding carboxylic acids is 1. The number of benzene rings is 1. The third-order valence-corrected chi connectivity index (χ3v) is 5.01. The summed E-state index contributed by atoms with van der Waals surface area (Å²) < 4.78 is 4.93. The van der Waals surface area contributed by atoms with Gasteiger partial charge < -0.3 is 15.4 Å². The molecule has 26 heavy (non-hydrogen) atoms. The van der Waals surface area contributed by atoms with Crippen LogP contribution in [0.3, 0.4) is 0 Å². The van der Waals surface area contributed by atoms with Crippen molar-refractivity contribution in [3.63, 3.8) is 0 Å². The summed E-state index contributed by atoms with van der Waals surface area (Å²) in [7, 11) is 1.61. The van der Waals surface area contributed by atoms with Gasteiger partial charge in [0.25, 0.3) is 0 Å². The van der Waals surface area contributed by atoms with E-state index in [1.807, 2.05) is 18.2 Å². The van der Waals surface area contributed by atoms with Crippen molar-refractivity contribution in [1.82, 2.24) is 15.3 Å². The standard InChI is InChI=1S/C19H22N4O2S/c1-13-16(14-6-4-3-5-7-14)17-18(22-12-23-19(17)26-13)21-9-8-15(24)20-10-11-25-2/h3-7,12H,8-11H2,1-2H3,(H,20,24)(H,21,22,23). The number of hydrogen-bond donors (Lipinski definition) is 2. The van der Waals surface area contributed by atoms with E-state index in [2.05, 4.69) is 39.7 Å². The van der Waals surface area contributed by atoms with Gasteiger partial charge in [-0.05, 0) is 12.5 Å². The second-order valence-corrected chi connectivity index (χ2v) is 7.02. The number of hydrogen-bond acceptors (Lipinski definition) is 6. The topological polar surface area (TPSA) is 76.1 Å². The van der Waals surface area contributed by atoms with E-state index < -0.39 is 0 Å². The van der Waals surface area contributed by atoms with Gasteiger partial charge in [-0.15, -0.1) is 11.3 Å². The molecule has 6 nitrogen and oxygen atoms in total. The number of aryl methyl sites for hydroxylation is 1. The number of amides is 1. The molecule has 7 heteroatoms. The molecule has 2 aromatic heterocycles. The number of methoxy groups -OCH3 is 1. The monoisotopic (exact) mass is 370 g/mol. The van der Waals surface area contributed by atoms with Crippen LogP contribution < -0.4 is 10.6 Å². The summed E-state index contributed by atoms with van der Waals surface area (Å²) in [6.45, 7) is 3.64. The number of nitrogens with one attached hydrogen (secondary N) is 2. The lowest BCUT2D eigenvalue weighted by Gasteiger charge is -2.09. The second-order valence-electron chi connectivity index (χ2n) is 5.82. The molecular formula is C19H22N4O2S. The maximum Gasteiger partial charge on any atom is 0.221 e. The number of carbonyl (C=O) groups is 1. The van der Waals surface area contributed by atoms with Crippen molar-refractivity contribution >= 4 is 33.3 Å². The van der Waals surface area contributed by atoms with Gasteiger partial charge in [0.05, 0.1) is 12.0 Å². The summed E-state index contributed by atoms with van der Waals surface area (Å²) in [4.78, 5) is 22.8. The zero-order chi connectivity index (χ0) is 18.4. The summed E-state index contributed by atoms with van der Waals surface area (Å²) in [5.41, 5.74) is 2.30. The summed E-state index contributed by atoms with van der Waals surface area (Å²) in [5, 5.41) is 7.12. The number of fused-ring (bicyclic) bond motifs is 1. The first-order chi connectivity index (χ1) is 12.7. The summed E-state index contributed by atoms with van der Waals surface area (Å²) in [6.07, 6.45) is 1.94. The van der Waals surface area contributed by atoms with Gasteiger partial charge in [-0.2, -0.15) is 0 Å². The van der Waals surface area contributed by atoms with Crippen molar-refractivity contribution in [3.8, 4) is 11.1 Å². The Morgan fingerprint density at radius 2 is 2.00 bits per heavy atom. The van der Waals surface area contributed by atoms with Crippen molar-refractivity contribution in [2.45, 2.75) is 13.3 Å². The van der Waals surface area contributed by atoms with Crippen molar-refractivity contribution < 1.29 is 9.53 Å². The van der Waals surface area contributed by atoms with Gasteiger partial charge in [0.2, 0.25) is 5.91 Å². The van der Waals surface area contributed by atoms with E-state index >= 15 is 0 Å². The first kappa shape index (κ1) is 18.3. The lowest BCUT2D eigenvalue weighted by Crippen LogP contribution is -2.28. The van der Waals surface area contributed by atoms with Crippen LogP contribution in [0.2, 0.25) is 0 Å². The number of aromatic nitrogens is 2. The van der Waals surface area contributed by atoms with Crippen LogP contribution in [0.1, 0.15) is 11.3 Å². The van der Waals surface area contributed by atoms with Crippen LogP contribution in [0, 0.1) is 6.92 Å². The second kappa shape index (κ2) is 8.73. The molecule has 0 aliphatic carbocycles. The Bertz CT molecular complexity index is 880. The highest BCUT2D eigenvalue weighted by Gasteiger charge is 2.16. The molecular weight excluding hydrogens is 348 g/mol. The Balaban J connectivity index is 1.78. The Kier molecular flexibility index (Phi) is 6.14. The highest BCUT2D eigenvalue weighted by Crippen LogP contribution is 2.40. The van der Waals surface area contributed by atoms with Crippen molar-refractivity contribution in [2.75, 3.05) is 32.1 Å². The molecule has 0 radical (unpaired) electrons. The minimum Gasteiger partial charge on any atom is -0.383 e. The number of nitrogens with zero attached hydrogens (tertiary/aromatic N) is 2. The predicted molar refractivity (Wildman–Crippen MR) is 106 cm³/mol. The molecule has 2 heterocycles. The summed E-state index contributed by atoms with van der Waals surface area (Å²) in [6, 6.07) is 10.2. The highest BCUT2D eigenvalue weighted by molar-refractivity contribution is 7.19. The number of ether oxygens (including phenoxy) is 1. The van der Waals surface area contributed by atoms with E-state index in [0.717, 1.165) is 27.2 Å². The largest absolute Gasteiger partial charge is 0.383 e. The normalized spacial score (nSPS) is 10.8. The molecule has 0 fully saturated rings. The molecule has 0 spiro atoms. The van der Waals surface area contributed by atoms with Crippen LogP contribution in [-0.2, 0) is 9.53 Å². The van der Waals surface area contributed by atoms with Gasteiger partial charge in [-0.25, -0.2) is 9.97 Å². The van der Waals surface area contributed by atoms with Gasteiger partial charge >= 0.3 is 0 Å². The van der Waals surface area contributed by atoms with E-state index in [1.165, 1.54) is 4.88 Å². The molecule has 0 unspecified atom stereocenters. The predicted octanol–water partition coefficient (Wildman–Crippen LogP) is 3.23. The molecule has 1 amide bonds. The zero-order valence-corrected chi connectivity index (χ0v) is 15.7. The van der Waals surface area contributed by atoms with Gasteiger partial charge in [0.15, 0.2) is 0 Å². The van der Waals surface area contributed by atoms with Gasteiger partial charge in [-0.3, -0.25) is 4.79 Å².